The van der Waals surface area contributed by atoms with Gasteiger partial charge in [0.2, 0.25) is 0 Å². The zero-order chi connectivity index (χ0) is 20.1. The van der Waals surface area contributed by atoms with E-state index in [-0.39, 0.29) is 24.9 Å². The molecule has 0 saturated carbocycles. The molecule has 0 amide bonds. The number of piperazine rings is 1. The third-order valence-corrected chi connectivity index (χ3v) is 5.72. The summed E-state index contributed by atoms with van der Waals surface area (Å²) in [5.41, 5.74) is 1.74. The molecule has 2 atom stereocenters. The molecule has 28 heavy (non-hydrogen) atoms. The number of nitrogens with zero attached hydrogens (tertiary/aromatic N) is 4. The number of carbonyl (C=O) groups is 2. The summed E-state index contributed by atoms with van der Waals surface area (Å²) in [6, 6.07) is 9.87. The van der Waals surface area contributed by atoms with E-state index in [0.717, 1.165) is 38.3 Å². The molecule has 2 aliphatic rings. The highest BCUT2D eigenvalue weighted by Crippen LogP contribution is 2.27. The number of hydrogen-bond donors (Lipinski definition) is 2. The molecular formula is C20H26N4O4. The van der Waals surface area contributed by atoms with Crippen molar-refractivity contribution < 1.29 is 19.8 Å². The van der Waals surface area contributed by atoms with E-state index in [2.05, 4.69) is 15.9 Å². The summed E-state index contributed by atoms with van der Waals surface area (Å²) >= 11 is 0. The van der Waals surface area contributed by atoms with Crippen molar-refractivity contribution in [3.05, 3.63) is 29.8 Å². The van der Waals surface area contributed by atoms with Gasteiger partial charge < -0.3 is 15.1 Å². The molecule has 1 aromatic rings. The number of nitriles is 1. The molecule has 8 heteroatoms. The number of hydrogen-bond acceptors (Lipinski definition) is 6. The molecule has 2 unspecified atom stereocenters. The topological polar surface area (TPSA) is 108 Å². The van der Waals surface area contributed by atoms with Gasteiger partial charge in [-0.1, -0.05) is 0 Å². The molecule has 2 fully saturated rings. The molecule has 0 aliphatic carbocycles. The summed E-state index contributed by atoms with van der Waals surface area (Å²) in [5.74, 6) is -1.76. The maximum atomic E-state index is 11.3. The molecular weight excluding hydrogens is 360 g/mol. The van der Waals surface area contributed by atoms with Gasteiger partial charge in [0.15, 0.2) is 0 Å². The second-order valence-corrected chi connectivity index (χ2v) is 7.52. The zero-order valence-electron chi connectivity index (χ0n) is 15.8. The number of piperidine rings is 1. The molecule has 2 heterocycles. The minimum Gasteiger partial charge on any atom is -0.481 e. The van der Waals surface area contributed by atoms with Gasteiger partial charge in [-0.3, -0.25) is 19.4 Å². The fourth-order valence-electron chi connectivity index (χ4n) is 4.39. The monoisotopic (exact) mass is 386 g/mol. The van der Waals surface area contributed by atoms with E-state index < -0.39 is 11.9 Å². The Morgan fingerprint density at radius 1 is 1.04 bits per heavy atom. The van der Waals surface area contributed by atoms with E-state index in [0.29, 0.717) is 18.7 Å². The summed E-state index contributed by atoms with van der Waals surface area (Å²) < 4.78 is 0. The molecule has 8 nitrogen and oxygen atoms in total. The van der Waals surface area contributed by atoms with Crippen molar-refractivity contribution in [1.82, 2.24) is 9.80 Å². The van der Waals surface area contributed by atoms with Gasteiger partial charge in [-0.15, -0.1) is 0 Å². The third kappa shape index (κ3) is 5.00. The first kappa shape index (κ1) is 20.1. The van der Waals surface area contributed by atoms with Gasteiger partial charge in [0.1, 0.15) is 0 Å². The Morgan fingerprint density at radius 3 is 2.29 bits per heavy atom. The SMILES string of the molecule is N#Cc1ccc(N2CCN(C3CCN(CC(=O)O)CC3CC(=O)O)CC2)cc1. The van der Waals surface area contributed by atoms with Crippen LogP contribution in [0.3, 0.4) is 0 Å². The van der Waals surface area contributed by atoms with Crippen molar-refractivity contribution in [1.29, 1.82) is 5.26 Å². The predicted molar refractivity (Wildman–Crippen MR) is 103 cm³/mol. The first-order valence-corrected chi connectivity index (χ1v) is 9.61. The van der Waals surface area contributed by atoms with E-state index in [9.17, 15) is 14.7 Å². The lowest BCUT2D eigenvalue weighted by Crippen LogP contribution is -2.57. The van der Waals surface area contributed by atoms with Crippen molar-refractivity contribution in [2.24, 2.45) is 5.92 Å². The Bertz CT molecular complexity index is 738. The second-order valence-electron chi connectivity index (χ2n) is 7.52. The summed E-state index contributed by atoms with van der Waals surface area (Å²) in [4.78, 5) is 28.8. The number of aliphatic carboxylic acids is 2. The Labute approximate surface area is 164 Å². The minimum atomic E-state index is -0.872. The fourth-order valence-corrected chi connectivity index (χ4v) is 4.39. The van der Waals surface area contributed by atoms with Crippen molar-refractivity contribution in [3.8, 4) is 6.07 Å². The van der Waals surface area contributed by atoms with Crippen LogP contribution in [0.25, 0.3) is 0 Å². The molecule has 2 saturated heterocycles. The van der Waals surface area contributed by atoms with Gasteiger partial charge >= 0.3 is 11.9 Å². The van der Waals surface area contributed by atoms with Crippen LogP contribution in [0, 0.1) is 17.2 Å². The Morgan fingerprint density at radius 2 is 1.71 bits per heavy atom. The van der Waals surface area contributed by atoms with Crippen LogP contribution in [0.15, 0.2) is 24.3 Å². The van der Waals surface area contributed by atoms with Crippen LogP contribution in [0.1, 0.15) is 18.4 Å². The van der Waals surface area contributed by atoms with Crippen LogP contribution in [0.5, 0.6) is 0 Å². The zero-order valence-corrected chi connectivity index (χ0v) is 15.8. The third-order valence-electron chi connectivity index (χ3n) is 5.72. The molecule has 150 valence electrons. The van der Waals surface area contributed by atoms with E-state index in [1.807, 2.05) is 29.2 Å². The van der Waals surface area contributed by atoms with E-state index in [1.165, 1.54) is 0 Å². The number of benzene rings is 1. The van der Waals surface area contributed by atoms with Crippen LogP contribution >= 0.6 is 0 Å². The van der Waals surface area contributed by atoms with Crippen LogP contribution < -0.4 is 4.90 Å². The smallest absolute Gasteiger partial charge is 0.317 e. The number of rotatable bonds is 6. The number of anilines is 1. The van der Waals surface area contributed by atoms with E-state index in [1.54, 1.807) is 0 Å². The van der Waals surface area contributed by atoms with Gasteiger partial charge in [-0.05, 0) is 36.6 Å². The van der Waals surface area contributed by atoms with E-state index in [4.69, 9.17) is 10.4 Å². The molecule has 0 bridgehead atoms. The Balaban J connectivity index is 1.60. The standard InChI is InChI=1S/C20H26N4O4/c21-12-15-1-3-17(4-2-15)23-7-9-24(10-8-23)18-5-6-22(14-20(27)28)13-16(18)11-19(25)26/h1-4,16,18H,5-11,13-14H2,(H,25,26)(H,27,28). The van der Waals surface area contributed by atoms with E-state index >= 15 is 0 Å². The van der Waals surface area contributed by atoms with Gasteiger partial charge in [0, 0.05) is 51.0 Å². The van der Waals surface area contributed by atoms with Crippen molar-refractivity contribution in [2.45, 2.75) is 18.9 Å². The molecule has 3 rings (SSSR count). The van der Waals surface area contributed by atoms with Gasteiger partial charge in [-0.2, -0.15) is 5.26 Å². The summed E-state index contributed by atoms with van der Waals surface area (Å²) in [7, 11) is 0. The predicted octanol–water partition coefficient (Wildman–Crippen LogP) is 0.930. The lowest BCUT2D eigenvalue weighted by atomic mass is 9.87. The maximum Gasteiger partial charge on any atom is 0.317 e. The molecule has 2 aliphatic heterocycles. The number of likely N-dealkylation sites (tertiary alicyclic amines) is 1. The molecule has 1 aromatic carbocycles. The van der Waals surface area contributed by atoms with Crippen LogP contribution in [0.4, 0.5) is 5.69 Å². The first-order chi connectivity index (χ1) is 13.5. The Kier molecular flexibility index (Phi) is 6.49. The molecule has 0 radical (unpaired) electrons. The lowest BCUT2D eigenvalue weighted by Gasteiger charge is -2.46. The molecule has 0 aromatic heterocycles. The van der Waals surface area contributed by atoms with Crippen LogP contribution in [0.2, 0.25) is 0 Å². The summed E-state index contributed by atoms with van der Waals surface area (Å²) in [5, 5.41) is 27.3. The Hall–Kier alpha value is -2.63. The highest BCUT2D eigenvalue weighted by molar-refractivity contribution is 5.69. The lowest BCUT2D eigenvalue weighted by molar-refractivity contribution is -0.140. The average molecular weight is 386 g/mol. The quantitative estimate of drug-likeness (QED) is 0.743. The first-order valence-electron chi connectivity index (χ1n) is 9.61. The van der Waals surface area contributed by atoms with Gasteiger partial charge in [0.05, 0.1) is 24.6 Å². The van der Waals surface area contributed by atoms with Gasteiger partial charge in [0.25, 0.3) is 0 Å². The summed E-state index contributed by atoms with van der Waals surface area (Å²) in [6.45, 7) is 4.55. The number of carboxylic acid groups (broad SMARTS) is 2. The van der Waals surface area contributed by atoms with Crippen molar-refractivity contribution >= 4 is 17.6 Å². The molecule has 2 N–H and O–H groups in total. The van der Waals surface area contributed by atoms with Crippen molar-refractivity contribution in [2.75, 3.05) is 50.7 Å². The van der Waals surface area contributed by atoms with Crippen LogP contribution in [-0.4, -0.2) is 83.8 Å². The highest BCUT2D eigenvalue weighted by Gasteiger charge is 2.36. The maximum absolute atomic E-state index is 11.3. The summed E-state index contributed by atoms with van der Waals surface area (Å²) in [6.07, 6.45) is 0.860. The fraction of sp³-hybridized carbons (Fsp3) is 0.550. The second kappa shape index (κ2) is 9.04. The number of carboxylic acids is 2. The van der Waals surface area contributed by atoms with Crippen LogP contribution in [-0.2, 0) is 9.59 Å². The minimum absolute atomic E-state index is 0.0324. The van der Waals surface area contributed by atoms with Gasteiger partial charge in [-0.25, -0.2) is 0 Å². The molecule has 0 spiro atoms. The normalized spacial score (nSPS) is 23.9. The average Bonchev–Trinajstić information content (AvgIpc) is 2.68. The largest absolute Gasteiger partial charge is 0.481 e. The van der Waals surface area contributed by atoms with Crippen molar-refractivity contribution in [3.63, 3.8) is 0 Å². The highest BCUT2D eigenvalue weighted by atomic mass is 16.4.